The molecule has 3 aromatic rings. The lowest BCUT2D eigenvalue weighted by atomic mass is 10.2. The molecule has 0 atom stereocenters. The summed E-state index contributed by atoms with van der Waals surface area (Å²) >= 11 is 5.91. The number of pyridine rings is 1. The zero-order valence-electron chi connectivity index (χ0n) is 13.0. The summed E-state index contributed by atoms with van der Waals surface area (Å²) in [7, 11) is 0. The van der Waals surface area contributed by atoms with E-state index < -0.39 is 0 Å². The summed E-state index contributed by atoms with van der Waals surface area (Å²) < 4.78 is 5.75. The molecular formula is C19H15ClN2O2. The third-order valence-electron chi connectivity index (χ3n) is 3.30. The maximum absolute atomic E-state index is 12.3. The van der Waals surface area contributed by atoms with Crippen LogP contribution < -0.4 is 10.1 Å². The summed E-state index contributed by atoms with van der Waals surface area (Å²) in [5, 5.41) is 3.35. The first-order valence-corrected chi connectivity index (χ1v) is 7.75. The fourth-order valence-corrected chi connectivity index (χ4v) is 2.31. The Morgan fingerprint density at radius 3 is 2.62 bits per heavy atom. The van der Waals surface area contributed by atoms with Crippen molar-refractivity contribution in [3.05, 3.63) is 83.1 Å². The maximum Gasteiger partial charge on any atom is 0.255 e. The van der Waals surface area contributed by atoms with Gasteiger partial charge in [0.05, 0.1) is 6.20 Å². The van der Waals surface area contributed by atoms with E-state index in [1.165, 1.54) is 0 Å². The number of aromatic nitrogens is 1. The number of anilines is 1. The molecule has 1 aromatic heterocycles. The van der Waals surface area contributed by atoms with E-state index in [-0.39, 0.29) is 5.91 Å². The number of halogens is 1. The largest absolute Gasteiger partial charge is 0.456 e. The molecule has 0 aliphatic heterocycles. The van der Waals surface area contributed by atoms with Gasteiger partial charge in [-0.3, -0.25) is 9.78 Å². The first-order chi connectivity index (χ1) is 11.6. The molecule has 0 bridgehead atoms. The fourth-order valence-electron chi connectivity index (χ4n) is 2.12. The monoisotopic (exact) mass is 338 g/mol. The van der Waals surface area contributed by atoms with E-state index in [2.05, 4.69) is 10.3 Å². The van der Waals surface area contributed by atoms with Gasteiger partial charge >= 0.3 is 0 Å². The van der Waals surface area contributed by atoms with Crippen molar-refractivity contribution in [1.29, 1.82) is 0 Å². The van der Waals surface area contributed by atoms with Crippen LogP contribution in [0.25, 0.3) is 0 Å². The minimum absolute atomic E-state index is 0.230. The van der Waals surface area contributed by atoms with Gasteiger partial charge in [-0.2, -0.15) is 0 Å². The Morgan fingerprint density at radius 2 is 1.88 bits per heavy atom. The molecule has 0 spiro atoms. The molecule has 0 aliphatic carbocycles. The van der Waals surface area contributed by atoms with Gasteiger partial charge in [0.15, 0.2) is 0 Å². The van der Waals surface area contributed by atoms with Gasteiger partial charge in [-0.25, -0.2) is 0 Å². The number of rotatable bonds is 4. The number of amides is 1. The van der Waals surface area contributed by atoms with Gasteiger partial charge in [0.1, 0.15) is 11.5 Å². The van der Waals surface area contributed by atoms with Crippen LogP contribution in [0.3, 0.4) is 0 Å². The average molecular weight is 339 g/mol. The minimum atomic E-state index is -0.230. The SMILES string of the molecule is Cc1ccc(Oc2cccc(NC(=O)c3cccc(Cl)c3)c2)cn1. The van der Waals surface area contributed by atoms with Crippen LogP contribution in [0.5, 0.6) is 11.5 Å². The predicted octanol–water partition coefficient (Wildman–Crippen LogP) is 5.09. The summed E-state index contributed by atoms with van der Waals surface area (Å²) in [4.78, 5) is 16.4. The van der Waals surface area contributed by atoms with Crippen molar-refractivity contribution in [3.8, 4) is 11.5 Å². The predicted molar refractivity (Wildman–Crippen MR) is 94.9 cm³/mol. The highest BCUT2D eigenvalue weighted by Crippen LogP contribution is 2.24. The molecule has 3 rings (SSSR count). The molecule has 24 heavy (non-hydrogen) atoms. The van der Waals surface area contributed by atoms with E-state index in [1.807, 2.05) is 31.2 Å². The minimum Gasteiger partial charge on any atom is -0.456 e. The molecule has 1 amide bonds. The van der Waals surface area contributed by atoms with Crippen LogP contribution in [0, 0.1) is 6.92 Å². The van der Waals surface area contributed by atoms with E-state index in [4.69, 9.17) is 16.3 Å². The Kier molecular flexibility index (Phi) is 4.77. The molecule has 1 heterocycles. The van der Waals surface area contributed by atoms with Gasteiger partial charge in [-0.15, -0.1) is 0 Å². The zero-order valence-corrected chi connectivity index (χ0v) is 13.7. The van der Waals surface area contributed by atoms with Gasteiger partial charge in [0, 0.05) is 28.0 Å². The van der Waals surface area contributed by atoms with Crippen LogP contribution in [-0.4, -0.2) is 10.9 Å². The van der Waals surface area contributed by atoms with Gasteiger partial charge in [-0.05, 0) is 49.4 Å². The first kappa shape index (κ1) is 16.0. The van der Waals surface area contributed by atoms with Crippen LogP contribution in [0.4, 0.5) is 5.69 Å². The lowest BCUT2D eigenvalue weighted by Crippen LogP contribution is -2.11. The van der Waals surface area contributed by atoms with Crippen LogP contribution in [-0.2, 0) is 0 Å². The number of nitrogens with one attached hydrogen (secondary N) is 1. The van der Waals surface area contributed by atoms with E-state index in [0.29, 0.717) is 27.8 Å². The molecule has 4 nitrogen and oxygen atoms in total. The number of nitrogens with zero attached hydrogens (tertiary/aromatic N) is 1. The molecule has 1 N–H and O–H groups in total. The Morgan fingerprint density at radius 1 is 1.04 bits per heavy atom. The van der Waals surface area contributed by atoms with Crippen LogP contribution in [0.2, 0.25) is 5.02 Å². The van der Waals surface area contributed by atoms with Crippen molar-refractivity contribution in [2.45, 2.75) is 6.92 Å². The smallest absolute Gasteiger partial charge is 0.255 e. The van der Waals surface area contributed by atoms with Crippen molar-refractivity contribution < 1.29 is 9.53 Å². The second kappa shape index (κ2) is 7.15. The van der Waals surface area contributed by atoms with Crippen LogP contribution in [0.1, 0.15) is 16.1 Å². The van der Waals surface area contributed by atoms with Crippen molar-refractivity contribution >= 4 is 23.2 Å². The van der Waals surface area contributed by atoms with Crippen molar-refractivity contribution in [3.63, 3.8) is 0 Å². The molecule has 5 heteroatoms. The first-order valence-electron chi connectivity index (χ1n) is 7.38. The van der Waals surface area contributed by atoms with Gasteiger partial charge in [-0.1, -0.05) is 23.7 Å². The van der Waals surface area contributed by atoms with Crippen molar-refractivity contribution in [1.82, 2.24) is 4.98 Å². The highest BCUT2D eigenvalue weighted by Gasteiger charge is 2.07. The number of aryl methyl sites for hydroxylation is 1. The third kappa shape index (κ3) is 4.12. The second-order valence-electron chi connectivity index (χ2n) is 5.23. The molecule has 0 radical (unpaired) electrons. The van der Waals surface area contributed by atoms with Crippen LogP contribution >= 0.6 is 11.6 Å². The molecule has 120 valence electrons. The Balaban J connectivity index is 1.73. The molecule has 0 saturated heterocycles. The third-order valence-corrected chi connectivity index (χ3v) is 3.53. The van der Waals surface area contributed by atoms with Gasteiger partial charge < -0.3 is 10.1 Å². The maximum atomic E-state index is 12.3. The summed E-state index contributed by atoms with van der Waals surface area (Å²) in [6.07, 6.45) is 1.66. The quantitative estimate of drug-likeness (QED) is 0.721. The average Bonchev–Trinajstić information content (AvgIpc) is 2.57. The topological polar surface area (TPSA) is 51.2 Å². The van der Waals surface area contributed by atoms with Crippen molar-refractivity contribution in [2.24, 2.45) is 0 Å². The van der Waals surface area contributed by atoms with Crippen LogP contribution in [0.15, 0.2) is 66.9 Å². The lowest BCUT2D eigenvalue weighted by Gasteiger charge is -2.09. The van der Waals surface area contributed by atoms with E-state index in [0.717, 1.165) is 5.69 Å². The summed E-state index contributed by atoms with van der Waals surface area (Å²) in [5.41, 5.74) is 2.05. The summed E-state index contributed by atoms with van der Waals surface area (Å²) in [5.74, 6) is 1.02. The van der Waals surface area contributed by atoms with E-state index in [9.17, 15) is 4.79 Å². The number of benzene rings is 2. The van der Waals surface area contributed by atoms with E-state index >= 15 is 0 Å². The fraction of sp³-hybridized carbons (Fsp3) is 0.0526. The summed E-state index contributed by atoms with van der Waals surface area (Å²) in [6, 6.07) is 17.7. The number of hydrogen-bond donors (Lipinski definition) is 1. The molecule has 2 aromatic carbocycles. The normalized spacial score (nSPS) is 10.2. The zero-order chi connectivity index (χ0) is 16.9. The number of carbonyl (C=O) groups excluding carboxylic acids is 1. The van der Waals surface area contributed by atoms with E-state index in [1.54, 1.807) is 42.6 Å². The Bertz CT molecular complexity index is 863. The number of ether oxygens (including phenoxy) is 1. The number of hydrogen-bond acceptors (Lipinski definition) is 3. The van der Waals surface area contributed by atoms with Gasteiger partial charge in [0.25, 0.3) is 5.91 Å². The van der Waals surface area contributed by atoms with Crippen molar-refractivity contribution in [2.75, 3.05) is 5.32 Å². The molecule has 0 aliphatic rings. The Labute approximate surface area is 145 Å². The second-order valence-corrected chi connectivity index (χ2v) is 5.67. The lowest BCUT2D eigenvalue weighted by molar-refractivity contribution is 0.102. The molecule has 0 fully saturated rings. The highest BCUT2D eigenvalue weighted by atomic mass is 35.5. The molecule has 0 saturated carbocycles. The summed E-state index contributed by atoms with van der Waals surface area (Å²) in [6.45, 7) is 1.91. The van der Waals surface area contributed by atoms with Gasteiger partial charge in [0.2, 0.25) is 0 Å². The Hall–Kier alpha value is -2.85. The number of carbonyl (C=O) groups is 1. The highest BCUT2D eigenvalue weighted by molar-refractivity contribution is 6.31. The molecular weight excluding hydrogens is 324 g/mol. The molecule has 0 unspecified atom stereocenters. The standard InChI is InChI=1S/C19H15ClN2O2/c1-13-8-9-18(12-21-13)24-17-7-3-6-16(11-17)22-19(23)14-4-2-5-15(20)10-14/h2-12H,1H3,(H,22,23).